The van der Waals surface area contributed by atoms with Crippen molar-refractivity contribution < 1.29 is 4.79 Å². The second-order valence-electron chi connectivity index (χ2n) is 10.2. The van der Waals surface area contributed by atoms with Crippen LogP contribution in [-0.2, 0) is 11.2 Å². The van der Waals surface area contributed by atoms with Crippen molar-refractivity contribution in [1.29, 1.82) is 0 Å². The number of aryl methyl sites for hydroxylation is 2. The molecule has 1 amide bonds. The molecule has 0 aliphatic carbocycles. The van der Waals surface area contributed by atoms with Crippen molar-refractivity contribution in [3.8, 4) is 0 Å². The predicted octanol–water partition coefficient (Wildman–Crippen LogP) is 5.70. The summed E-state index contributed by atoms with van der Waals surface area (Å²) < 4.78 is 0. The molecule has 3 rings (SSSR count). The molecule has 1 N–H and O–H groups in total. The van der Waals surface area contributed by atoms with Gasteiger partial charge in [0.25, 0.3) is 0 Å². The predicted molar refractivity (Wildman–Crippen MR) is 129 cm³/mol. The van der Waals surface area contributed by atoms with E-state index in [1.165, 1.54) is 67.3 Å². The lowest BCUT2D eigenvalue weighted by atomic mass is 9.90. The van der Waals surface area contributed by atoms with E-state index in [0.717, 1.165) is 44.8 Å². The largest absolute Gasteiger partial charge is 0.369 e. The van der Waals surface area contributed by atoms with Gasteiger partial charge in [-0.15, -0.1) is 0 Å². The Bertz CT molecular complexity index is 734. The molecule has 1 aromatic carbocycles. The zero-order valence-electron chi connectivity index (χ0n) is 20.1. The van der Waals surface area contributed by atoms with E-state index >= 15 is 0 Å². The monoisotopic (exact) mass is 413 g/mol. The number of benzene rings is 1. The molecule has 4 heteroatoms. The lowest BCUT2D eigenvalue weighted by molar-refractivity contribution is -0.125. The molecule has 0 radical (unpaired) electrons. The fourth-order valence-electron chi connectivity index (χ4n) is 5.17. The molecule has 0 saturated carbocycles. The number of fused-ring (bicyclic) bond motifs is 1. The summed E-state index contributed by atoms with van der Waals surface area (Å²) in [6.45, 7) is 16.1. The first-order chi connectivity index (χ1) is 14.3. The van der Waals surface area contributed by atoms with Gasteiger partial charge in [0, 0.05) is 19.6 Å². The highest BCUT2D eigenvalue weighted by Gasteiger charge is 2.33. The van der Waals surface area contributed by atoms with Gasteiger partial charge < -0.3 is 15.1 Å². The van der Waals surface area contributed by atoms with Crippen LogP contribution in [0.25, 0.3) is 0 Å². The minimum absolute atomic E-state index is 0.153. The Labute approximate surface area is 184 Å². The van der Waals surface area contributed by atoms with Gasteiger partial charge in [0.05, 0.1) is 16.8 Å². The zero-order chi connectivity index (χ0) is 21.7. The lowest BCUT2D eigenvalue weighted by Crippen LogP contribution is -2.44. The molecule has 168 valence electrons. The zero-order valence-corrected chi connectivity index (χ0v) is 20.1. The third-order valence-corrected chi connectivity index (χ3v) is 6.98. The minimum Gasteiger partial charge on any atom is -0.369 e. The molecule has 0 spiro atoms. The Balaban J connectivity index is 1.76. The van der Waals surface area contributed by atoms with E-state index in [1.807, 2.05) is 0 Å². The van der Waals surface area contributed by atoms with Crippen molar-refractivity contribution in [2.75, 3.05) is 42.9 Å². The summed E-state index contributed by atoms with van der Waals surface area (Å²) in [6.07, 6.45) is 10.0. The fourth-order valence-corrected chi connectivity index (χ4v) is 5.17. The van der Waals surface area contributed by atoms with Crippen LogP contribution in [-0.4, -0.2) is 43.5 Å². The van der Waals surface area contributed by atoms with Gasteiger partial charge in [-0.25, -0.2) is 0 Å². The average molecular weight is 414 g/mol. The van der Waals surface area contributed by atoms with Gasteiger partial charge >= 0.3 is 0 Å². The number of unbranched alkanes of at least 4 members (excludes halogenated alkanes) is 3. The molecule has 1 aromatic rings. The Kier molecular flexibility index (Phi) is 7.84. The second-order valence-corrected chi connectivity index (χ2v) is 10.2. The van der Waals surface area contributed by atoms with Gasteiger partial charge in [0.2, 0.25) is 5.91 Å². The molecule has 0 aromatic heterocycles. The van der Waals surface area contributed by atoms with Gasteiger partial charge in [-0.05, 0) is 83.2 Å². The molecule has 0 unspecified atom stereocenters. The highest BCUT2D eigenvalue weighted by atomic mass is 16.2. The number of nitrogens with zero attached hydrogens (tertiary/aromatic N) is 2. The summed E-state index contributed by atoms with van der Waals surface area (Å²) in [4.78, 5) is 18.4. The number of carbonyl (C=O) groups is 1. The smallest absolute Gasteiger partial charge is 0.231 e. The number of hydrogen-bond acceptors (Lipinski definition) is 3. The Morgan fingerprint density at radius 3 is 2.47 bits per heavy atom. The average Bonchev–Trinajstić information content (AvgIpc) is 3.13. The van der Waals surface area contributed by atoms with Crippen LogP contribution in [0.2, 0.25) is 0 Å². The van der Waals surface area contributed by atoms with Crippen LogP contribution in [0.3, 0.4) is 0 Å². The molecule has 1 fully saturated rings. The second kappa shape index (κ2) is 10.2. The molecular formula is C26H43N3O. The quantitative estimate of drug-likeness (QED) is 0.528. The number of likely N-dealkylation sites (tertiary alicyclic amines) is 1. The van der Waals surface area contributed by atoms with Crippen LogP contribution in [0.1, 0.15) is 82.4 Å². The van der Waals surface area contributed by atoms with E-state index in [9.17, 15) is 4.79 Å². The van der Waals surface area contributed by atoms with Crippen LogP contribution in [0.15, 0.2) is 6.07 Å². The van der Waals surface area contributed by atoms with Gasteiger partial charge in [-0.3, -0.25) is 4.79 Å². The number of carbonyl (C=O) groups excluding carboxylic acids is 1. The number of amides is 1. The summed E-state index contributed by atoms with van der Waals surface area (Å²) in [5.74, 6) is 0.153. The van der Waals surface area contributed by atoms with E-state index in [1.54, 1.807) is 0 Å². The Morgan fingerprint density at radius 2 is 1.77 bits per heavy atom. The van der Waals surface area contributed by atoms with Crippen molar-refractivity contribution in [3.63, 3.8) is 0 Å². The maximum absolute atomic E-state index is 13.4. The van der Waals surface area contributed by atoms with Gasteiger partial charge in [-0.1, -0.05) is 38.7 Å². The van der Waals surface area contributed by atoms with Gasteiger partial charge in [0.1, 0.15) is 0 Å². The van der Waals surface area contributed by atoms with Crippen molar-refractivity contribution >= 4 is 17.3 Å². The highest BCUT2D eigenvalue weighted by Crippen LogP contribution is 2.41. The van der Waals surface area contributed by atoms with Crippen molar-refractivity contribution in [2.24, 2.45) is 5.41 Å². The maximum atomic E-state index is 13.4. The summed E-state index contributed by atoms with van der Waals surface area (Å²) in [5, 5.41) is 3.39. The van der Waals surface area contributed by atoms with Crippen LogP contribution in [0.4, 0.5) is 11.4 Å². The van der Waals surface area contributed by atoms with Crippen LogP contribution in [0.5, 0.6) is 0 Å². The molecule has 4 nitrogen and oxygen atoms in total. The van der Waals surface area contributed by atoms with E-state index in [-0.39, 0.29) is 5.91 Å². The van der Waals surface area contributed by atoms with Crippen molar-refractivity contribution in [1.82, 2.24) is 4.90 Å². The molecule has 0 atom stereocenters. The molecule has 0 bridgehead atoms. The van der Waals surface area contributed by atoms with Crippen molar-refractivity contribution in [3.05, 3.63) is 22.8 Å². The standard InChI is InChI=1S/C26H43N3O/c1-6-7-8-12-16-29-17-13-22-20(2)18-21(3)23(24(22)29)27-25(30)26(4,5)19-28-14-10-9-11-15-28/h18H,6-17,19H2,1-5H3,(H,27,30). The van der Waals surface area contributed by atoms with Crippen LogP contribution in [0, 0.1) is 19.3 Å². The van der Waals surface area contributed by atoms with Crippen LogP contribution < -0.4 is 10.2 Å². The van der Waals surface area contributed by atoms with E-state index in [0.29, 0.717) is 0 Å². The van der Waals surface area contributed by atoms with E-state index in [2.05, 4.69) is 55.8 Å². The lowest BCUT2D eigenvalue weighted by Gasteiger charge is -2.34. The van der Waals surface area contributed by atoms with Crippen molar-refractivity contribution in [2.45, 2.75) is 86.0 Å². The SMILES string of the molecule is CCCCCCN1CCc2c(C)cc(C)c(NC(=O)C(C)(C)CN3CCCCC3)c21. The number of rotatable bonds is 9. The Hall–Kier alpha value is -1.55. The first-order valence-electron chi connectivity index (χ1n) is 12.3. The highest BCUT2D eigenvalue weighted by molar-refractivity contribution is 6.00. The molecule has 2 heterocycles. The Morgan fingerprint density at radius 1 is 1.03 bits per heavy atom. The summed E-state index contributed by atoms with van der Waals surface area (Å²) in [6, 6.07) is 2.26. The minimum atomic E-state index is -0.397. The summed E-state index contributed by atoms with van der Waals surface area (Å²) >= 11 is 0. The van der Waals surface area contributed by atoms with E-state index < -0.39 is 5.41 Å². The molecule has 30 heavy (non-hydrogen) atoms. The molecule has 2 aliphatic heterocycles. The summed E-state index contributed by atoms with van der Waals surface area (Å²) in [5.41, 5.74) is 5.94. The first kappa shape index (κ1) is 23.1. The topological polar surface area (TPSA) is 35.6 Å². The molecule has 1 saturated heterocycles. The van der Waals surface area contributed by atoms with Gasteiger partial charge in [-0.2, -0.15) is 0 Å². The third kappa shape index (κ3) is 5.38. The summed E-state index contributed by atoms with van der Waals surface area (Å²) in [7, 11) is 0. The molecular weight excluding hydrogens is 370 g/mol. The number of piperidine rings is 1. The third-order valence-electron chi connectivity index (χ3n) is 6.98. The van der Waals surface area contributed by atoms with Gasteiger partial charge in [0.15, 0.2) is 0 Å². The normalized spacial score (nSPS) is 17.3. The fraction of sp³-hybridized carbons (Fsp3) is 0.731. The molecule has 2 aliphatic rings. The first-order valence-corrected chi connectivity index (χ1v) is 12.3. The number of hydrogen-bond donors (Lipinski definition) is 1. The maximum Gasteiger partial charge on any atom is 0.231 e. The van der Waals surface area contributed by atoms with E-state index in [4.69, 9.17) is 0 Å². The number of anilines is 2. The number of nitrogens with one attached hydrogen (secondary N) is 1. The van der Waals surface area contributed by atoms with Crippen LogP contribution >= 0.6 is 0 Å².